The van der Waals surface area contributed by atoms with Gasteiger partial charge in [-0.1, -0.05) is 37.3 Å². The minimum atomic E-state index is -0.390. The highest BCUT2D eigenvalue weighted by atomic mass is 16.2. The van der Waals surface area contributed by atoms with Crippen LogP contribution < -0.4 is 0 Å². The lowest BCUT2D eigenvalue weighted by atomic mass is 10.1. The first-order valence-corrected chi connectivity index (χ1v) is 7.14. The number of fused-ring (bicyclic) bond motifs is 1. The average Bonchev–Trinajstić information content (AvgIpc) is 2.97. The summed E-state index contributed by atoms with van der Waals surface area (Å²) in [7, 11) is 0. The summed E-state index contributed by atoms with van der Waals surface area (Å²) in [5.41, 5.74) is 2.94. The van der Waals surface area contributed by atoms with Gasteiger partial charge in [0.1, 0.15) is 5.82 Å². The number of ketones is 1. The van der Waals surface area contributed by atoms with E-state index in [4.69, 9.17) is 0 Å². The van der Waals surface area contributed by atoms with Gasteiger partial charge in [-0.3, -0.25) is 9.59 Å². The van der Waals surface area contributed by atoms with Crippen LogP contribution >= 0.6 is 0 Å². The molecule has 1 aliphatic rings. The lowest BCUT2D eigenvalue weighted by Gasteiger charge is -2.25. The number of aromatic amines is 1. The molecule has 108 valence electrons. The molecule has 0 saturated carbocycles. The Morgan fingerprint density at radius 1 is 1.29 bits per heavy atom. The molecule has 2 aromatic rings. The molecule has 3 rings (SSSR count). The van der Waals surface area contributed by atoms with Crippen molar-refractivity contribution < 1.29 is 9.59 Å². The predicted octanol–water partition coefficient (Wildman–Crippen LogP) is 1.94. The number of imidazole rings is 1. The third kappa shape index (κ3) is 2.59. The van der Waals surface area contributed by atoms with Crippen LogP contribution in [0, 0.1) is 0 Å². The fourth-order valence-electron chi connectivity index (χ4n) is 2.53. The SMILES string of the molecule is CCC(=O)C(=O)N1CCc2nc(-c3ccccc3)[nH]c2C1. The Kier molecular flexibility index (Phi) is 3.56. The van der Waals surface area contributed by atoms with Crippen LogP contribution in [0.25, 0.3) is 11.4 Å². The number of nitrogens with zero attached hydrogens (tertiary/aromatic N) is 2. The summed E-state index contributed by atoms with van der Waals surface area (Å²) < 4.78 is 0. The Morgan fingerprint density at radius 2 is 2.05 bits per heavy atom. The zero-order valence-corrected chi connectivity index (χ0v) is 11.9. The summed E-state index contributed by atoms with van der Waals surface area (Å²) >= 11 is 0. The molecule has 0 aliphatic carbocycles. The number of hydrogen-bond donors (Lipinski definition) is 1. The average molecular weight is 283 g/mol. The van der Waals surface area contributed by atoms with Crippen LogP contribution in [0.4, 0.5) is 0 Å². The van der Waals surface area contributed by atoms with E-state index >= 15 is 0 Å². The van der Waals surface area contributed by atoms with Crippen molar-refractivity contribution in [2.45, 2.75) is 26.3 Å². The Labute approximate surface area is 123 Å². The lowest BCUT2D eigenvalue weighted by molar-refractivity contribution is -0.145. The van der Waals surface area contributed by atoms with Crippen LogP contribution in [0.1, 0.15) is 24.7 Å². The number of carbonyl (C=O) groups excluding carboxylic acids is 2. The van der Waals surface area contributed by atoms with Gasteiger partial charge in [-0.05, 0) is 0 Å². The fourth-order valence-corrected chi connectivity index (χ4v) is 2.53. The van der Waals surface area contributed by atoms with Gasteiger partial charge in [0.15, 0.2) is 0 Å². The molecule has 5 nitrogen and oxygen atoms in total. The van der Waals surface area contributed by atoms with Crippen molar-refractivity contribution in [2.24, 2.45) is 0 Å². The molecule has 2 heterocycles. The minimum Gasteiger partial charge on any atom is -0.340 e. The van der Waals surface area contributed by atoms with Gasteiger partial charge in [0, 0.05) is 24.9 Å². The summed E-state index contributed by atoms with van der Waals surface area (Å²) in [6.45, 7) is 2.69. The molecular formula is C16H17N3O2. The number of Topliss-reactive ketones (excluding diaryl/α,β-unsaturated/α-hetero) is 1. The summed E-state index contributed by atoms with van der Waals surface area (Å²) in [4.78, 5) is 33.0. The van der Waals surface area contributed by atoms with Gasteiger partial charge < -0.3 is 9.88 Å². The molecule has 1 aromatic carbocycles. The molecule has 0 unspecified atom stereocenters. The number of rotatable bonds is 3. The van der Waals surface area contributed by atoms with Crippen LogP contribution in [0.3, 0.4) is 0 Å². The number of H-pyrrole nitrogens is 1. The Bertz CT molecular complexity index is 676. The van der Waals surface area contributed by atoms with Gasteiger partial charge in [0.05, 0.1) is 17.9 Å². The number of benzene rings is 1. The molecule has 0 radical (unpaired) electrons. The number of carbonyl (C=O) groups is 2. The van der Waals surface area contributed by atoms with Crippen LogP contribution in [0.2, 0.25) is 0 Å². The smallest absolute Gasteiger partial charge is 0.290 e. The first-order valence-electron chi connectivity index (χ1n) is 7.14. The van der Waals surface area contributed by atoms with E-state index in [1.807, 2.05) is 30.3 Å². The molecule has 1 amide bonds. The van der Waals surface area contributed by atoms with E-state index in [-0.39, 0.29) is 18.1 Å². The maximum absolute atomic E-state index is 12.0. The van der Waals surface area contributed by atoms with Crippen molar-refractivity contribution in [1.82, 2.24) is 14.9 Å². The van der Waals surface area contributed by atoms with E-state index < -0.39 is 0 Å². The topological polar surface area (TPSA) is 66.1 Å². The second kappa shape index (κ2) is 5.52. The van der Waals surface area contributed by atoms with E-state index in [2.05, 4.69) is 9.97 Å². The highest BCUT2D eigenvalue weighted by Gasteiger charge is 2.26. The normalized spacial score (nSPS) is 13.9. The van der Waals surface area contributed by atoms with Gasteiger partial charge >= 0.3 is 0 Å². The third-order valence-corrected chi connectivity index (χ3v) is 3.73. The molecule has 0 spiro atoms. The molecule has 1 N–H and O–H groups in total. The van der Waals surface area contributed by atoms with Gasteiger partial charge in [-0.25, -0.2) is 4.98 Å². The highest BCUT2D eigenvalue weighted by molar-refractivity contribution is 6.35. The van der Waals surface area contributed by atoms with Crippen molar-refractivity contribution in [2.75, 3.05) is 6.54 Å². The zero-order valence-electron chi connectivity index (χ0n) is 11.9. The summed E-state index contributed by atoms with van der Waals surface area (Å²) in [6, 6.07) is 9.88. The minimum absolute atomic E-state index is 0.250. The number of aromatic nitrogens is 2. The molecular weight excluding hydrogens is 266 g/mol. The largest absolute Gasteiger partial charge is 0.340 e. The Hall–Kier alpha value is -2.43. The molecule has 0 fully saturated rings. The van der Waals surface area contributed by atoms with Crippen molar-refractivity contribution in [1.29, 1.82) is 0 Å². The van der Waals surface area contributed by atoms with Gasteiger partial charge in [-0.2, -0.15) is 0 Å². The van der Waals surface area contributed by atoms with Gasteiger partial charge in [0.25, 0.3) is 5.91 Å². The number of nitrogens with one attached hydrogen (secondary N) is 1. The number of amides is 1. The van der Waals surface area contributed by atoms with E-state index in [9.17, 15) is 9.59 Å². The van der Waals surface area contributed by atoms with Crippen molar-refractivity contribution >= 4 is 11.7 Å². The quantitative estimate of drug-likeness (QED) is 0.875. The van der Waals surface area contributed by atoms with Crippen LogP contribution in [0.15, 0.2) is 30.3 Å². The fraction of sp³-hybridized carbons (Fsp3) is 0.312. The third-order valence-electron chi connectivity index (χ3n) is 3.73. The molecule has 0 bridgehead atoms. The second-order valence-electron chi connectivity index (χ2n) is 5.13. The standard InChI is InChI=1S/C16H17N3O2/c1-2-14(20)16(21)19-9-8-12-13(10-19)18-15(17-12)11-6-4-3-5-7-11/h3-7H,2,8-10H2,1H3,(H,17,18). The predicted molar refractivity (Wildman–Crippen MR) is 78.4 cm³/mol. The number of hydrogen-bond acceptors (Lipinski definition) is 3. The van der Waals surface area contributed by atoms with Crippen LogP contribution in [-0.2, 0) is 22.6 Å². The Morgan fingerprint density at radius 3 is 2.76 bits per heavy atom. The molecule has 1 aliphatic heterocycles. The highest BCUT2D eigenvalue weighted by Crippen LogP contribution is 2.22. The molecule has 0 saturated heterocycles. The first kappa shape index (κ1) is 13.5. The van der Waals surface area contributed by atoms with Crippen molar-refractivity contribution in [3.8, 4) is 11.4 Å². The van der Waals surface area contributed by atoms with Gasteiger partial charge in [-0.15, -0.1) is 0 Å². The molecule has 21 heavy (non-hydrogen) atoms. The zero-order chi connectivity index (χ0) is 14.8. The maximum atomic E-state index is 12.0. The van der Waals surface area contributed by atoms with Crippen molar-refractivity contribution in [3.05, 3.63) is 41.7 Å². The summed E-state index contributed by atoms with van der Waals surface area (Å²) in [6.07, 6.45) is 0.932. The maximum Gasteiger partial charge on any atom is 0.290 e. The first-order chi connectivity index (χ1) is 10.2. The van der Waals surface area contributed by atoms with Crippen LogP contribution in [-0.4, -0.2) is 33.1 Å². The molecule has 0 atom stereocenters. The lowest BCUT2D eigenvalue weighted by Crippen LogP contribution is -2.39. The van der Waals surface area contributed by atoms with E-state index in [0.717, 1.165) is 22.8 Å². The summed E-state index contributed by atoms with van der Waals surface area (Å²) in [5.74, 6) is 0.0944. The molecule has 1 aromatic heterocycles. The van der Waals surface area contributed by atoms with E-state index in [1.54, 1.807) is 11.8 Å². The summed E-state index contributed by atoms with van der Waals surface area (Å²) in [5, 5.41) is 0. The van der Waals surface area contributed by atoms with E-state index in [0.29, 0.717) is 19.5 Å². The van der Waals surface area contributed by atoms with Crippen LogP contribution in [0.5, 0.6) is 0 Å². The molecule has 5 heteroatoms. The van der Waals surface area contributed by atoms with Crippen molar-refractivity contribution in [3.63, 3.8) is 0 Å². The van der Waals surface area contributed by atoms with E-state index in [1.165, 1.54) is 0 Å². The second-order valence-corrected chi connectivity index (χ2v) is 5.13. The Balaban J connectivity index is 1.83. The van der Waals surface area contributed by atoms with Gasteiger partial charge in [0.2, 0.25) is 5.78 Å². The monoisotopic (exact) mass is 283 g/mol.